The molecule has 2 heterocycles. The topological polar surface area (TPSA) is 107 Å². The number of fused-ring (bicyclic) bond motifs is 1. The van der Waals surface area contributed by atoms with E-state index >= 15 is 0 Å². The number of rotatable bonds is 5. The van der Waals surface area contributed by atoms with E-state index in [1.54, 1.807) is 23.6 Å². The molecule has 0 radical (unpaired) electrons. The quantitative estimate of drug-likeness (QED) is 0.387. The lowest BCUT2D eigenvalue weighted by Crippen LogP contribution is -2.28. The van der Waals surface area contributed by atoms with Crippen LogP contribution in [0.2, 0.25) is 0 Å². The zero-order chi connectivity index (χ0) is 21.3. The highest BCUT2D eigenvalue weighted by molar-refractivity contribution is 7.17. The largest absolute Gasteiger partial charge is 0.319 e. The summed E-state index contributed by atoms with van der Waals surface area (Å²) in [6, 6.07) is 11.5. The molecule has 8 nitrogen and oxygen atoms in total. The second-order valence-electron chi connectivity index (χ2n) is 6.34. The number of para-hydroxylation sites is 2. The van der Waals surface area contributed by atoms with Gasteiger partial charge in [-0.25, -0.2) is 9.37 Å². The maximum atomic E-state index is 13.2. The molecule has 0 saturated carbocycles. The molecule has 4 aromatic rings. The number of aromatic nitrogens is 2. The van der Waals surface area contributed by atoms with Crippen LogP contribution in [-0.2, 0) is 11.3 Å². The lowest BCUT2D eigenvalue weighted by atomic mass is 10.1. The van der Waals surface area contributed by atoms with Crippen LogP contribution < -0.4 is 10.9 Å². The Hall–Kier alpha value is -3.92. The number of benzene rings is 2. The number of nitrogens with zero attached hydrogens (tertiary/aromatic N) is 3. The zero-order valence-electron chi connectivity index (χ0n) is 15.2. The molecule has 0 spiro atoms. The lowest BCUT2D eigenvalue weighted by molar-refractivity contribution is -0.383. The van der Waals surface area contributed by atoms with Crippen LogP contribution in [0.3, 0.4) is 0 Å². The number of halogens is 1. The van der Waals surface area contributed by atoms with Gasteiger partial charge in [-0.3, -0.25) is 24.3 Å². The molecule has 0 bridgehead atoms. The summed E-state index contributed by atoms with van der Waals surface area (Å²) in [5.41, 5.74) is 0.614. The average Bonchev–Trinajstić information content (AvgIpc) is 3.16. The standard InChI is InChI=1S/C20H13FN4O4S/c21-13-7-5-12(6-8-13)14-10-30-19-18(14)20(27)24(11-22-19)9-17(26)23-15-3-1-2-4-16(15)25(28)29/h1-8,10-11H,9H2,(H,23,26). The van der Waals surface area contributed by atoms with Gasteiger partial charge in [0.15, 0.2) is 0 Å². The van der Waals surface area contributed by atoms with Crippen LogP contribution >= 0.6 is 11.3 Å². The van der Waals surface area contributed by atoms with E-state index in [1.807, 2.05) is 0 Å². The van der Waals surface area contributed by atoms with Gasteiger partial charge in [-0.2, -0.15) is 0 Å². The normalized spacial score (nSPS) is 10.8. The second-order valence-corrected chi connectivity index (χ2v) is 7.19. The maximum Gasteiger partial charge on any atom is 0.292 e. The smallest absolute Gasteiger partial charge is 0.292 e. The molecule has 1 amide bonds. The minimum Gasteiger partial charge on any atom is -0.319 e. The first-order valence-corrected chi connectivity index (χ1v) is 9.58. The van der Waals surface area contributed by atoms with Crippen LogP contribution in [0, 0.1) is 15.9 Å². The summed E-state index contributed by atoms with van der Waals surface area (Å²) in [5.74, 6) is -0.994. The van der Waals surface area contributed by atoms with Gasteiger partial charge < -0.3 is 5.32 Å². The zero-order valence-corrected chi connectivity index (χ0v) is 16.1. The highest BCUT2D eigenvalue weighted by Crippen LogP contribution is 2.30. The van der Waals surface area contributed by atoms with E-state index in [4.69, 9.17) is 0 Å². The van der Waals surface area contributed by atoms with Gasteiger partial charge in [0.2, 0.25) is 5.91 Å². The third-order valence-corrected chi connectivity index (χ3v) is 5.29. The molecule has 1 N–H and O–H groups in total. The fraction of sp³-hybridized carbons (Fsp3) is 0.0500. The molecule has 150 valence electrons. The van der Waals surface area contributed by atoms with Crippen molar-refractivity contribution in [2.24, 2.45) is 0 Å². The van der Waals surface area contributed by atoms with Gasteiger partial charge in [0, 0.05) is 17.0 Å². The molecular formula is C20H13FN4O4S. The van der Waals surface area contributed by atoms with E-state index in [0.717, 1.165) is 4.57 Å². The van der Waals surface area contributed by atoms with Crippen molar-refractivity contribution >= 4 is 38.8 Å². The molecule has 10 heteroatoms. The van der Waals surface area contributed by atoms with Gasteiger partial charge in [0.05, 0.1) is 16.6 Å². The van der Waals surface area contributed by atoms with Crippen molar-refractivity contribution < 1.29 is 14.1 Å². The number of anilines is 1. The Balaban J connectivity index is 1.65. The van der Waals surface area contributed by atoms with Crippen LogP contribution in [-0.4, -0.2) is 20.4 Å². The Labute approximate surface area is 172 Å². The summed E-state index contributed by atoms with van der Waals surface area (Å²) in [4.78, 5) is 40.6. The Morgan fingerprint density at radius 3 is 2.67 bits per heavy atom. The van der Waals surface area contributed by atoms with Gasteiger partial charge in [-0.15, -0.1) is 11.3 Å². The molecule has 0 fully saturated rings. The summed E-state index contributed by atoms with van der Waals surface area (Å²) in [5, 5.41) is 15.6. The van der Waals surface area contributed by atoms with Crippen molar-refractivity contribution in [2.45, 2.75) is 6.54 Å². The van der Waals surface area contributed by atoms with E-state index in [-0.39, 0.29) is 23.7 Å². The summed E-state index contributed by atoms with van der Waals surface area (Å²) in [7, 11) is 0. The third-order valence-electron chi connectivity index (χ3n) is 4.40. The molecule has 4 rings (SSSR count). The number of amides is 1. The first-order valence-electron chi connectivity index (χ1n) is 8.70. The minimum atomic E-state index is -0.605. The minimum absolute atomic E-state index is 0.0390. The number of carbonyl (C=O) groups is 1. The average molecular weight is 424 g/mol. The van der Waals surface area contributed by atoms with Gasteiger partial charge in [0.25, 0.3) is 11.2 Å². The van der Waals surface area contributed by atoms with Crippen molar-refractivity contribution in [2.75, 3.05) is 5.32 Å². The molecule has 30 heavy (non-hydrogen) atoms. The molecule has 0 aliphatic carbocycles. The van der Waals surface area contributed by atoms with E-state index in [0.29, 0.717) is 21.3 Å². The summed E-state index contributed by atoms with van der Waals surface area (Å²) in [6.07, 6.45) is 1.26. The molecular weight excluding hydrogens is 411 g/mol. The predicted octanol–water partition coefficient (Wildman–Crippen LogP) is 3.81. The summed E-state index contributed by atoms with van der Waals surface area (Å²) in [6.45, 7) is -0.369. The number of hydrogen-bond acceptors (Lipinski definition) is 6. The Bertz CT molecular complexity index is 1330. The molecule has 0 atom stereocenters. The third kappa shape index (κ3) is 3.67. The van der Waals surface area contributed by atoms with Gasteiger partial charge >= 0.3 is 0 Å². The van der Waals surface area contributed by atoms with Crippen molar-refractivity contribution in [1.29, 1.82) is 0 Å². The predicted molar refractivity (Wildman–Crippen MR) is 111 cm³/mol. The first-order chi connectivity index (χ1) is 14.4. The fourth-order valence-corrected chi connectivity index (χ4v) is 3.91. The number of nitro groups is 1. The molecule has 0 unspecified atom stereocenters. The second kappa shape index (κ2) is 7.84. The maximum absolute atomic E-state index is 13.2. The van der Waals surface area contributed by atoms with Crippen molar-refractivity contribution in [3.63, 3.8) is 0 Å². The van der Waals surface area contributed by atoms with E-state index in [1.165, 1.54) is 48.0 Å². The van der Waals surface area contributed by atoms with Gasteiger partial charge in [0.1, 0.15) is 22.9 Å². The molecule has 2 aromatic carbocycles. The molecule has 0 aliphatic heterocycles. The summed E-state index contributed by atoms with van der Waals surface area (Å²) < 4.78 is 14.4. The molecule has 0 aliphatic rings. The van der Waals surface area contributed by atoms with E-state index in [2.05, 4.69) is 10.3 Å². The van der Waals surface area contributed by atoms with Crippen LogP contribution in [0.4, 0.5) is 15.8 Å². The van der Waals surface area contributed by atoms with Crippen molar-refractivity contribution in [1.82, 2.24) is 9.55 Å². The van der Waals surface area contributed by atoms with Crippen molar-refractivity contribution in [3.8, 4) is 11.1 Å². The fourth-order valence-electron chi connectivity index (χ4n) is 3.01. The Morgan fingerprint density at radius 1 is 1.20 bits per heavy atom. The molecule has 0 saturated heterocycles. The van der Waals surface area contributed by atoms with Gasteiger partial charge in [-0.05, 0) is 23.8 Å². The van der Waals surface area contributed by atoms with E-state index in [9.17, 15) is 24.1 Å². The Morgan fingerprint density at radius 2 is 1.93 bits per heavy atom. The lowest BCUT2D eigenvalue weighted by Gasteiger charge is -2.08. The highest BCUT2D eigenvalue weighted by Gasteiger charge is 2.17. The number of carbonyl (C=O) groups excluding carboxylic acids is 1. The van der Waals surface area contributed by atoms with Crippen LogP contribution in [0.25, 0.3) is 21.3 Å². The van der Waals surface area contributed by atoms with Crippen LogP contribution in [0.5, 0.6) is 0 Å². The van der Waals surface area contributed by atoms with E-state index < -0.39 is 16.4 Å². The number of thiophene rings is 1. The van der Waals surface area contributed by atoms with Crippen molar-refractivity contribution in [3.05, 3.63) is 86.5 Å². The molecule has 2 aromatic heterocycles. The SMILES string of the molecule is O=C(Cn1cnc2scc(-c3ccc(F)cc3)c2c1=O)Nc1ccccc1[N+](=O)[O-]. The number of nitrogens with one attached hydrogen (secondary N) is 1. The van der Waals surface area contributed by atoms with Gasteiger partial charge in [-0.1, -0.05) is 24.3 Å². The Kier molecular flexibility index (Phi) is 5.07. The highest BCUT2D eigenvalue weighted by atomic mass is 32.1. The van der Waals surface area contributed by atoms with Crippen LogP contribution in [0.15, 0.2) is 65.0 Å². The number of nitro benzene ring substituents is 1. The summed E-state index contributed by atoms with van der Waals surface area (Å²) >= 11 is 1.27. The first kappa shape index (κ1) is 19.4. The monoisotopic (exact) mass is 424 g/mol. The number of hydrogen-bond donors (Lipinski definition) is 1. The van der Waals surface area contributed by atoms with Crippen LogP contribution in [0.1, 0.15) is 0 Å².